The van der Waals surface area contributed by atoms with Crippen molar-refractivity contribution in [3.05, 3.63) is 123 Å². The van der Waals surface area contributed by atoms with E-state index in [1.807, 2.05) is 42.5 Å². The van der Waals surface area contributed by atoms with Gasteiger partial charge in [-0.1, -0.05) is 58.8 Å². The predicted molar refractivity (Wildman–Crippen MR) is 168 cm³/mol. The zero-order valence-corrected chi connectivity index (χ0v) is 26.7. The average molecular weight is 688 g/mol. The molecule has 2 heterocycles. The molecular weight excluding hydrogens is 663 g/mol. The lowest BCUT2D eigenvalue weighted by atomic mass is 9.96. The Kier molecular flexibility index (Phi) is 9.22. The van der Waals surface area contributed by atoms with E-state index in [9.17, 15) is 9.59 Å². The molecule has 5 rings (SSSR count). The first-order valence-corrected chi connectivity index (χ1v) is 15.3. The van der Waals surface area contributed by atoms with Crippen LogP contribution < -0.4 is 24.4 Å². The molecule has 0 saturated heterocycles. The Balaban J connectivity index is 1.54. The highest BCUT2D eigenvalue weighted by molar-refractivity contribution is 9.10. The first-order valence-electron chi connectivity index (χ1n) is 12.9. The van der Waals surface area contributed by atoms with Gasteiger partial charge in [-0.05, 0) is 88.9 Å². The van der Waals surface area contributed by atoms with Crippen LogP contribution in [-0.2, 0) is 16.1 Å². The summed E-state index contributed by atoms with van der Waals surface area (Å²) < 4.78 is 19.4. The van der Waals surface area contributed by atoms with Gasteiger partial charge in [-0.15, -0.1) is 0 Å². The fourth-order valence-electron chi connectivity index (χ4n) is 4.60. The molecule has 11 heteroatoms. The van der Waals surface area contributed by atoms with Crippen LogP contribution in [0.1, 0.15) is 36.6 Å². The standard InChI is InChI=1S/C31H25BrCl2N2O5S/c1-4-40-30(38)27-17(2)35-31-36(28(27)20-9-11-25(39-3)22(32)15-20)29(37)26(42-31)14-18-6-5-7-21(12-18)41-16-19-8-10-23(33)24(34)13-19/h5-15,28H,4,16H2,1-3H3/b26-14+/t28-/m1/s1. The molecule has 1 aliphatic rings. The van der Waals surface area contributed by atoms with Gasteiger partial charge < -0.3 is 14.2 Å². The summed E-state index contributed by atoms with van der Waals surface area (Å²) in [4.78, 5) is 32.2. The number of fused-ring (bicyclic) bond motifs is 1. The van der Waals surface area contributed by atoms with E-state index < -0.39 is 12.0 Å². The lowest BCUT2D eigenvalue weighted by Crippen LogP contribution is -2.39. The Bertz CT molecular complexity index is 1900. The van der Waals surface area contributed by atoms with Crippen molar-refractivity contribution in [2.24, 2.45) is 4.99 Å². The van der Waals surface area contributed by atoms with E-state index in [4.69, 9.17) is 37.4 Å². The van der Waals surface area contributed by atoms with E-state index in [1.54, 1.807) is 49.8 Å². The van der Waals surface area contributed by atoms with E-state index in [0.29, 0.717) is 58.8 Å². The van der Waals surface area contributed by atoms with Crippen LogP contribution in [0.4, 0.5) is 0 Å². The minimum absolute atomic E-state index is 0.197. The molecule has 1 aromatic heterocycles. The van der Waals surface area contributed by atoms with Crippen molar-refractivity contribution < 1.29 is 19.0 Å². The van der Waals surface area contributed by atoms with Crippen molar-refractivity contribution in [3.8, 4) is 11.5 Å². The maximum absolute atomic E-state index is 13.9. The highest BCUT2D eigenvalue weighted by atomic mass is 79.9. The molecule has 0 unspecified atom stereocenters. The number of nitrogens with zero attached hydrogens (tertiary/aromatic N) is 2. The molecule has 0 saturated carbocycles. The Hall–Kier alpha value is -3.37. The van der Waals surface area contributed by atoms with Crippen molar-refractivity contribution in [1.29, 1.82) is 0 Å². The molecule has 1 aliphatic heterocycles. The van der Waals surface area contributed by atoms with E-state index in [2.05, 4.69) is 20.9 Å². The van der Waals surface area contributed by atoms with Gasteiger partial charge in [-0.25, -0.2) is 9.79 Å². The molecule has 0 bridgehead atoms. The SMILES string of the molecule is CCOC(=O)C1=C(C)N=c2s/c(=C/c3cccc(OCc4ccc(Cl)c(Cl)c4)c3)c(=O)n2[C@@H]1c1ccc(OC)c(Br)c1. The van der Waals surface area contributed by atoms with Gasteiger partial charge in [0.2, 0.25) is 0 Å². The molecule has 0 radical (unpaired) electrons. The molecule has 0 aliphatic carbocycles. The van der Waals surface area contributed by atoms with Gasteiger partial charge in [0.25, 0.3) is 5.56 Å². The van der Waals surface area contributed by atoms with Crippen LogP contribution in [0.15, 0.2) is 86.2 Å². The monoisotopic (exact) mass is 686 g/mol. The fraction of sp³-hybridized carbons (Fsp3) is 0.194. The fourth-order valence-corrected chi connectivity index (χ4v) is 6.53. The van der Waals surface area contributed by atoms with Gasteiger partial charge in [0, 0.05) is 0 Å². The third-order valence-corrected chi connectivity index (χ3v) is 8.90. The average Bonchev–Trinajstić information content (AvgIpc) is 3.27. The number of allylic oxidation sites excluding steroid dienone is 1. The molecule has 216 valence electrons. The normalized spacial score (nSPS) is 14.8. The second-order valence-corrected chi connectivity index (χ2v) is 12.0. The molecule has 42 heavy (non-hydrogen) atoms. The van der Waals surface area contributed by atoms with Crippen LogP contribution in [0.3, 0.4) is 0 Å². The summed E-state index contributed by atoms with van der Waals surface area (Å²) in [5.41, 5.74) is 2.90. The first-order chi connectivity index (χ1) is 20.2. The number of methoxy groups -OCH3 is 1. The van der Waals surface area contributed by atoms with Gasteiger partial charge in [-0.2, -0.15) is 0 Å². The molecule has 7 nitrogen and oxygen atoms in total. The van der Waals surface area contributed by atoms with Crippen LogP contribution in [0.5, 0.6) is 11.5 Å². The number of esters is 1. The van der Waals surface area contributed by atoms with E-state index in [-0.39, 0.29) is 12.2 Å². The number of carbonyl (C=O) groups excluding carboxylic acids is 1. The van der Waals surface area contributed by atoms with E-state index in [0.717, 1.165) is 11.1 Å². The van der Waals surface area contributed by atoms with Crippen molar-refractivity contribution in [2.75, 3.05) is 13.7 Å². The molecule has 1 atom stereocenters. The van der Waals surface area contributed by atoms with Gasteiger partial charge >= 0.3 is 5.97 Å². The highest BCUT2D eigenvalue weighted by Gasteiger charge is 2.33. The molecular formula is C31H25BrCl2N2O5S. The Morgan fingerprint density at radius 1 is 1.12 bits per heavy atom. The molecule has 4 aromatic rings. The summed E-state index contributed by atoms with van der Waals surface area (Å²) in [5, 5.41) is 0.943. The third-order valence-electron chi connectivity index (χ3n) is 6.55. The van der Waals surface area contributed by atoms with Crippen LogP contribution in [0, 0.1) is 0 Å². The predicted octanol–water partition coefficient (Wildman–Crippen LogP) is 6.46. The second kappa shape index (κ2) is 12.9. The highest BCUT2D eigenvalue weighted by Crippen LogP contribution is 2.35. The quantitative estimate of drug-likeness (QED) is 0.199. The summed E-state index contributed by atoms with van der Waals surface area (Å²) >= 11 is 16.9. The van der Waals surface area contributed by atoms with E-state index >= 15 is 0 Å². The Labute approximate surface area is 264 Å². The summed E-state index contributed by atoms with van der Waals surface area (Å²) in [6.07, 6.45) is 1.79. The van der Waals surface area contributed by atoms with Gasteiger partial charge in [0.1, 0.15) is 18.1 Å². The molecule has 0 N–H and O–H groups in total. The number of carbonyl (C=O) groups is 1. The molecule has 0 amide bonds. The smallest absolute Gasteiger partial charge is 0.338 e. The van der Waals surface area contributed by atoms with E-state index in [1.165, 1.54) is 11.3 Å². The maximum Gasteiger partial charge on any atom is 0.338 e. The van der Waals surface area contributed by atoms with Crippen molar-refractivity contribution in [3.63, 3.8) is 0 Å². The Morgan fingerprint density at radius 2 is 1.93 bits per heavy atom. The summed E-state index contributed by atoms with van der Waals surface area (Å²) in [5.74, 6) is 0.742. The number of halogens is 3. The van der Waals surface area contributed by atoms with Crippen molar-refractivity contribution in [1.82, 2.24) is 4.57 Å². The minimum atomic E-state index is -0.731. The topological polar surface area (TPSA) is 79.1 Å². The van der Waals surface area contributed by atoms with Gasteiger partial charge in [-0.3, -0.25) is 9.36 Å². The molecule has 0 spiro atoms. The van der Waals surface area contributed by atoms with Gasteiger partial charge in [0.15, 0.2) is 4.80 Å². The maximum atomic E-state index is 13.9. The zero-order chi connectivity index (χ0) is 30.0. The number of aromatic nitrogens is 1. The van der Waals surface area contributed by atoms with Crippen molar-refractivity contribution >= 4 is 62.5 Å². The van der Waals surface area contributed by atoms with Crippen LogP contribution in [0.25, 0.3) is 6.08 Å². The summed E-state index contributed by atoms with van der Waals surface area (Å²) in [7, 11) is 1.57. The zero-order valence-electron chi connectivity index (χ0n) is 22.8. The number of thiazole rings is 1. The lowest BCUT2D eigenvalue weighted by molar-refractivity contribution is -0.139. The number of hydrogen-bond acceptors (Lipinski definition) is 7. The summed E-state index contributed by atoms with van der Waals surface area (Å²) in [6, 6.07) is 17.5. The number of hydrogen-bond donors (Lipinski definition) is 0. The Morgan fingerprint density at radius 3 is 2.64 bits per heavy atom. The second-order valence-electron chi connectivity index (χ2n) is 9.31. The van der Waals surface area contributed by atoms with Gasteiger partial charge in [0.05, 0.1) is 50.1 Å². The van der Waals surface area contributed by atoms with Crippen molar-refractivity contribution in [2.45, 2.75) is 26.5 Å². The molecule has 0 fully saturated rings. The van der Waals surface area contributed by atoms with Crippen LogP contribution in [-0.4, -0.2) is 24.3 Å². The van der Waals surface area contributed by atoms with Crippen LogP contribution >= 0.6 is 50.5 Å². The molecule has 3 aromatic carbocycles. The summed E-state index contributed by atoms with van der Waals surface area (Å²) in [6.45, 7) is 3.99. The van der Waals surface area contributed by atoms with Crippen LogP contribution in [0.2, 0.25) is 10.0 Å². The number of ether oxygens (including phenoxy) is 3. The first kappa shape index (κ1) is 30.1. The largest absolute Gasteiger partial charge is 0.496 e. The number of benzene rings is 3. The number of rotatable bonds is 8. The lowest BCUT2D eigenvalue weighted by Gasteiger charge is -2.25. The minimum Gasteiger partial charge on any atom is -0.496 e. The third kappa shape index (κ3) is 6.20.